The minimum atomic E-state index is -0.928. The van der Waals surface area contributed by atoms with Crippen LogP contribution >= 0.6 is 0 Å². The van der Waals surface area contributed by atoms with E-state index in [1.807, 2.05) is 12.1 Å². The van der Waals surface area contributed by atoms with E-state index in [4.69, 9.17) is 9.84 Å². The highest BCUT2D eigenvalue weighted by Crippen LogP contribution is 2.27. The van der Waals surface area contributed by atoms with Gasteiger partial charge in [0.05, 0.1) is 6.61 Å². The number of carbonyl (C=O) groups is 3. The fourth-order valence-corrected chi connectivity index (χ4v) is 3.33. The molecular formula is C18H22N2O5. The third kappa shape index (κ3) is 4.10. The van der Waals surface area contributed by atoms with Crippen molar-refractivity contribution in [1.29, 1.82) is 0 Å². The van der Waals surface area contributed by atoms with Gasteiger partial charge in [0.25, 0.3) is 0 Å². The van der Waals surface area contributed by atoms with Gasteiger partial charge in [-0.3, -0.25) is 9.59 Å². The number of hydrogen-bond donors (Lipinski definition) is 2. The average molecular weight is 346 g/mol. The number of carbonyl (C=O) groups excluding carboxylic acids is 2. The number of aliphatic carboxylic acids is 1. The summed E-state index contributed by atoms with van der Waals surface area (Å²) in [5, 5.41) is 11.9. The van der Waals surface area contributed by atoms with E-state index in [0.717, 1.165) is 17.7 Å². The molecule has 2 amide bonds. The van der Waals surface area contributed by atoms with Crippen molar-refractivity contribution >= 4 is 23.5 Å². The summed E-state index contributed by atoms with van der Waals surface area (Å²) in [5.41, 5.74) is 1.88. The Hall–Kier alpha value is -2.57. The number of nitrogens with one attached hydrogen (secondary N) is 1. The van der Waals surface area contributed by atoms with Crippen molar-refractivity contribution in [2.75, 3.05) is 18.5 Å². The van der Waals surface area contributed by atoms with E-state index in [1.165, 1.54) is 4.90 Å². The summed E-state index contributed by atoms with van der Waals surface area (Å²) in [6.45, 7) is 0.912. The third-order valence-corrected chi connectivity index (χ3v) is 4.63. The first-order valence-corrected chi connectivity index (χ1v) is 8.62. The van der Waals surface area contributed by atoms with Crippen molar-refractivity contribution in [3.05, 3.63) is 23.8 Å². The number of benzene rings is 1. The average Bonchev–Trinajstić information content (AvgIpc) is 3.08. The van der Waals surface area contributed by atoms with E-state index in [-0.39, 0.29) is 18.2 Å². The maximum absolute atomic E-state index is 12.2. The van der Waals surface area contributed by atoms with E-state index >= 15 is 0 Å². The molecule has 134 valence electrons. The maximum atomic E-state index is 12.2. The van der Waals surface area contributed by atoms with E-state index in [2.05, 4.69) is 5.32 Å². The lowest BCUT2D eigenvalue weighted by atomic mass is 10.0. The number of rotatable bonds is 6. The highest BCUT2D eigenvalue weighted by Gasteiger charge is 2.33. The van der Waals surface area contributed by atoms with E-state index < -0.39 is 12.0 Å². The molecule has 0 aromatic heterocycles. The van der Waals surface area contributed by atoms with Crippen LogP contribution in [0.15, 0.2) is 18.2 Å². The first kappa shape index (κ1) is 17.3. The van der Waals surface area contributed by atoms with Crippen LogP contribution in [-0.4, -0.2) is 47.0 Å². The van der Waals surface area contributed by atoms with E-state index in [1.54, 1.807) is 6.07 Å². The van der Waals surface area contributed by atoms with Gasteiger partial charge in [-0.2, -0.15) is 0 Å². The van der Waals surface area contributed by atoms with E-state index in [9.17, 15) is 14.4 Å². The number of nitrogens with zero attached hydrogens (tertiary/aromatic N) is 1. The minimum Gasteiger partial charge on any atom is -0.494 e. The Morgan fingerprint density at radius 3 is 2.96 bits per heavy atom. The fraction of sp³-hybridized carbons (Fsp3) is 0.500. The molecule has 0 aliphatic carbocycles. The summed E-state index contributed by atoms with van der Waals surface area (Å²) in [7, 11) is 0. The molecule has 0 bridgehead atoms. The van der Waals surface area contributed by atoms with Crippen LogP contribution in [0.2, 0.25) is 0 Å². The molecule has 1 aromatic rings. The van der Waals surface area contributed by atoms with Gasteiger partial charge in [0.1, 0.15) is 11.8 Å². The second kappa shape index (κ2) is 7.55. The molecule has 7 nitrogen and oxygen atoms in total. The number of hydrogen-bond acceptors (Lipinski definition) is 4. The van der Waals surface area contributed by atoms with E-state index in [0.29, 0.717) is 44.6 Å². The fourth-order valence-electron chi connectivity index (χ4n) is 3.33. The molecule has 2 heterocycles. The molecule has 25 heavy (non-hydrogen) atoms. The molecular weight excluding hydrogens is 324 g/mol. The van der Waals surface area contributed by atoms with Gasteiger partial charge in [0, 0.05) is 25.1 Å². The molecule has 3 rings (SSSR count). The molecule has 1 atom stereocenters. The number of ether oxygens (including phenoxy) is 1. The SMILES string of the molecule is O=C1CCc2cc(OCCCC(=O)N3CCC[C@@H]3C(=O)O)ccc2N1. The van der Waals surface area contributed by atoms with Gasteiger partial charge in [0.2, 0.25) is 11.8 Å². The van der Waals surface area contributed by atoms with Crippen molar-refractivity contribution < 1.29 is 24.2 Å². The zero-order valence-electron chi connectivity index (χ0n) is 14.0. The van der Waals surface area contributed by atoms with Gasteiger partial charge in [0.15, 0.2) is 0 Å². The molecule has 1 fully saturated rings. The first-order valence-electron chi connectivity index (χ1n) is 8.62. The second-order valence-corrected chi connectivity index (χ2v) is 6.40. The second-order valence-electron chi connectivity index (χ2n) is 6.40. The van der Waals surface area contributed by atoms with Gasteiger partial charge in [-0.05, 0) is 49.4 Å². The maximum Gasteiger partial charge on any atom is 0.326 e. The van der Waals surface area contributed by atoms with Crippen molar-refractivity contribution in [3.8, 4) is 5.75 Å². The predicted molar refractivity (Wildman–Crippen MR) is 90.5 cm³/mol. The highest BCUT2D eigenvalue weighted by atomic mass is 16.5. The predicted octanol–water partition coefficient (Wildman–Crippen LogP) is 1.81. The van der Waals surface area contributed by atoms with Gasteiger partial charge in [-0.15, -0.1) is 0 Å². The summed E-state index contributed by atoms with van der Waals surface area (Å²) >= 11 is 0. The normalized spacial score (nSPS) is 19.3. The van der Waals surface area contributed by atoms with Crippen molar-refractivity contribution in [2.45, 2.75) is 44.6 Å². The number of aryl methyl sites for hydroxylation is 1. The van der Waals surface area contributed by atoms with Crippen LogP contribution in [0.1, 0.15) is 37.7 Å². The lowest BCUT2D eigenvalue weighted by Gasteiger charge is -2.21. The lowest BCUT2D eigenvalue weighted by Crippen LogP contribution is -2.40. The molecule has 0 saturated carbocycles. The molecule has 2 N–H and O–H groups in total. The Labute approximate surface area is 146 Å². The lowest BCUT2D eigenvalue weighted by molar-refractivity contribution is -0.148. The molecule has 0 spiro atoms. The van der Waals surface area contributed by atoms with Crippen LogP contribution in [0.3, 0.4) is 0 Å². The van der Waals surface area contributed by atoms with Crippen LogP contribution in [0, 0.1) is 0 Å². The van der Waals surface area contributed by atoms with Crippen molar-refractivity contribution in [3.63, 3.8) is 0 Å². The number of likely N-dealkylation sites (tertiary alicyclic amines) is 1. The van der Waals surface area contributed by atoms with Gasteiger partial charge < -0.3 is 20.1 Å². The molecule has 2 aliphatic heterocycles. The summed E-state index contributed by atoms with van der Waals surface area (Å²) in [6.07, 6.45) is 3.27. The Bertz CT molecular complexity index is 688. The monoisotopic (exact) mass is 346 g/mol. The zero-order valence-corrected chi connectivity index (χ0v) is 14.0. The molecule has 1 aromatic carbocycles. The number of amides is 2. The summed E-state index contributed by atoms with van der Waals surface area (Å²) in [4.78, 5) is 36.1. The van der Waals surface area contributed by atoms with Gasteiger partial charge >= 0.3 is 5.97 Å². The Morgan fingerprint density at radius 1 is 1.32 bits per heavy atom. The number of carboxylic acid groups (broad SMARTS) is 1. The Kier molecular flexibility index (Phi) is 5.21. The Morgan fingerprint density at radius 2 is 2.16 bits per heavy atom. The number of anilines is 1. The standard InChI is InChI=1S/C18H22N2O5/c21-16-8-5-12-11-13(6-7-14(12)19-16)25-10-2-4-17(22)20-9-1-3-15(20)18(23)24/h6-7,11,15H,1-5,8-10H2,(H,19,21)(H,23,24)/t15-/m1/s1. The molecule has 0 unspecified atom stereocenters. The third-order valence-electron chi connectivity index (χ3n) is 4.63. The van der Waals surface area contributed by atoms with Crippen molar-refractivity contribution in [2.24, 2.45) is 0 Å². The van der Waals surface area contributed by atoms with Gasteiger partial charge in [-0.25, -0.2) is 4.79 Å². The van der Waals surface area contributed by atoms with Crippen LogP contribution < -0.4 is 10.1 Å². The summed E-state index contributed by atoms with van der Waals surface area (Å²) < 4.78 is 5.69. The molecule has 2 aliphatic rings. The largest absolute Gasteiger partial charge is 0.494 e. The Balaban J connectivity index is 1.45. The van der Waals surface area contributed by atoms with Crippen LogP contribution in [0.5, 0.6) is 5.75 Å². The smallest absolute Gasteiger partial charge is 0.326 e. The minimum absolute atomic E-state index is 0.0289. The van der Waals surface area contributed by atoms with Crippen LogP contribution in [0.25, 0.3) is 0 Å². The highest BCUT2D eigenvalue weighted by molar-refractivity contribution is 5.94. The first-order chi connectivity index (χ1) is 12.0. The van der Waals surface area contributed by atoms with Crippen LogP contribution in [-0.2, 0) is 20.8 Å². The zero-order chi connectivity index (χ0) is 17.8. The molecule has 7 heteroatoms. The van der Waals surface area contributed by atoms with Crippen molar-refractivity contribution in [1.82, 2.24) is 4.90 Å². The van der Waals surface area contributed by atoms with Crippen LogP contribution in [0.4, 0.5) is 5.69 Å². The topological polar surface area (TPSA) is 95.9 Å². The molecule has 0 radical (unpaired) electrons. The van der Waals surface area contributed by atoms with Gasteiger partial charge in [-0.1, -0.05) is 0 Å². The number of fused-ring (bicyclic) bond motifs is 1. The molecule has 1 saturated heterocycles. The summed E-state index contributed by atoms with van der Waals surface area (Å²) in [5.74, 6) is -0.307. The summed E-state index contributed by atoms with van der Waals surface area (Å²) in [6, 6.07) is 4.86. The number of carboxylic acids is 1. The quantitative estimate of drug-likeness (QED) is 0.766.